The maximum absolute atomic E-state index is 13.3. The summed E-state index contributed by atoms with van der Waals surface area (Å²) in [6, 6.07) is 5.21. The Bertz CT molecular complexity index is 862. The molecule has 1 unspecified atom stereocenters. The van der Waals surface area contributed by atoms with Crippen LogP contribution in [0.1, 0.15) is 49.8 Å². The second kappa shape index (κ2) is 10.8. The standard InChI is InChI=1S/C23H31N3O5/c1-5-28-19-13-17(14-20(29-6-2)22(19)30-7-3)23(27)26-12-8-9-18(15-26)31-21-10-11-24-16(4)25-21/h10-11,13-14,18H,5-9,12,15H2,1-4H3. The number of hydrogen-bond donors (Lipinski definition) is 0. The molecule has 1 saturated heterocycles. The molecule has 2 aromatic rings. The number of ether oxygens (including phenoxy) is 4. The number of aromatic nitrogens is 2. The van der Waals surface area contributed by atoms with Crippen LogP contribution in [0, 0.1) is 6.92 Å². The molecule has 2 heterocycles. The number of likely N-dealkylation sites (tertiary alicyclic amines) is 1. The van der Waals surface area contributed by atoms with Crippen molar-refractivity contribution in [2.75, 3.05) is 32.9 Å². The lowest BCUT2D eigenvalue weighted by Gasteiger charge is -2.33. The third-order valence-electron chi connectivity index (χ3n) is 4.86. The van der Waals surface area contributed by atoms with E-state index in [0.717, 1.165) is 12.8 Å². The Morgan fingerprint density at radius 3 is 2.39 bits per heavy atom. The molecular formula is C23H31N3O5. The number of carbonyl (C=O) groups excluding carboxylic acids is 1. The van der Waals surface area contributed by atoms with Gasteiger partial charge in [0.05, 0.1) is 26.4 Å². The van der Waals surface area contributed by atoms with Crippen LogP contribution in [0.5, 0.6) is 23.1 Å². The van der Waals surface area contributed by atoms with Gasteiger partial charge in [0.1, 0.15) is 11.9 Å². The smallest absolute Gasteiger partial charge is 0.254 e. The normalized spacial score (nSPS) is 16.0. The minimum absolute atomic E-state index is 0.0860. The highest BCUT2D eigenvalue weighted by Crippen LogP contribution is 2.39. The van der Waals surface area contributed by atoms with Gasteiger partial charge in [-0.2, -0.15) is 4.98 Å². The fourth-order valence-corrected chi connectivity index (χ4v) is 3.58. The summed E-state index contributed by atoms with van der Waals surface area (Å²) in [5, 5.41) is 0. The molecule has 0 bridgehead atoms. The summed E-state index contributed by atoms with van der Waals surface area (Å²) in [4.78, 5) is 23.5. The van der Waals surface area contributed by atoms with Crippen LogP contribution < -0.4 is 18.9 Å². The number of carbonyl (C=O) groups is 1. The summed E-state index contributed by atoms with van der Waals surface area (Å²) < 4.78 is 23.3. The molecule has 1 amide bonds. The lowest BCUT2D eigenvalue weighted by atomic mass is 10.1. The van der Waals surface area contributed by atoms with Crippen LogP contribution in [0.4, 0.5) is 0 Å². The van der Waals surface area contributed by atoms with Crippen LogP contribution in [-0.4, -0.2) is 59.8 Å². The molecule has 31 heavy (non-hydrogen) atoms. The number of hydrogen-bond acceptors (Lipinski definition) is 7. The monoisotopic (exact) mass is 429 g/mol. The van der Waals surface area contributed by atoms with Gasteiger partial charge in [0.15, 0.2) is 11.5 Å². The van der Waals surface area contributed by atoms with Crippen molar-refractivity contribution in [3.05, 3.63) is 35.8 Å². The molecule has 1 aliphatic heterocycles. The minimum atomic E-state index is -0.118. The topological polar surface area (TPSA) is 83.0 Å². The summed E-state index contributed by atoms with van der Waals surface area (Å²) in [5.74, 6) is 2.66. The van der Waals surface area contributed by atoms with Crippen LogP contribution in [0.3, 0.4) is 0 Å². The zero-order valence-electron chi connectivity index (χ0n) is 18.7. The van der Waals surface area contributed by atoms with Gasteiger partial charge in [0.2, 0.25) is 11.6 Å². The van der Waals surface area contributed by atoms with Crippen molar-refractivity contribution in [1.82, 2.24) is 14.9 Å². The van der Waals surface area contributed by atoms with Crippen molar-refractivity contribution < 1.29 is 23.7 Å². The van der Waals surface area contributed by atoms with Crippen molar-refractivity contribution in [3.8, 4) is 23.1 Å². The molecule has 3 rings (SSSR count). The molecule has 1 aromatic carbocycles. The molecule has 1 aromatic heterocycles. The summed E-state index contributed by atoms with van der Waals surface area (Å²) in [6.07, 6.45) is 3.28. The van der Waals surface area contributed by atoms with E-state index >= 15 is 0 Å². The van der Waals surface area contributed by atoms with E-state index in [1.807, 2.05) is 32.6 Å². The highest BCUT2D eigenvalue weighted by atomic mass is 16.5. The van der Waals surface area contributed by atoms with Crippen molar-refractivity contribution in [3.63, 3.8) is 0 Å². The number of rotatable bonds is 9. The van der Waals surface area contributed by atoms with E-state index in [1.54, 1.807) is 24.4 Å². The highest BCUT2D eigenvalue weighted by molar-refractivity contribution is 5.95. The van der Waals surface area contributed by atoms with Gasteiger partial charge in [-0.1, -0.05) is 0 Å². The van der Waals surface area contributed by atoms with Crippen molar-refractivity contribution >= 4 is 5.91 Å². The van der Waals surface area contributed by atoms with E-state index < -0.39 is 0 Å². The quantitative estimate of drug-likeness (QED) is 0.601. The van der Waals surface area contributed by atoms with Crippen LogP contribution in [0.25, 0.3) is 0 Å². The van der Waals surface area contributed by atoms with Crippen molar-refractivity contribution in [1.29, 1.82) is 0 Å². The Morgan fingerprint density at radius 1 is 1.10 bits per heavy atom. The zero-order valence-corrected chi connectivity index (χ0v) is 18.7. The Balaban J connectivity index is 1.80. The number of nitrogens with zero attached hydrogens (tertiary/aromatic N) is 3. The Hall–Kier alpha value is -3.03. The maximum atomic E-state index is 13.3. The molecule has 168 valence electrons. The molecule has 0 spiro atoms. The molecule has 0 radical (unpaired) electrons. The second-order valence-electron chi connectivity index (χ2n) is 7.18. The number of piperidine rings is 1. The number of aryl methyl sites for hydroxylation is 1. The van der Waals surface area contributed by atoms with Gasteiger partial charge >= 0.3 is 0 Å². The largest absolute Gasteiger partial charge is 0.490 e. The zero-order chi connectivity index (χ0) is 22.2. The van der Waals surface area contributed by atoms with Gasteiger partial charge in [-0.3, -0.25) is 4.79 Å². The molecule has 0 N–H and O–H groups in total. The fraction of sp³-hybridized carbons (Fsp3) is 0.522. The van der Waals surface area contributed by atoms with Gasteiger partial charge in [-0.25, -0.2) is 4.98 Å². The van der Waals surface area contributed by atoms with E-state index in [-0.39, 0.29) is 12.0 Å². The molecule has 8 nitrogen and oxygen atoms in total. The van der Waals surface area contributed by atoms with Crippen LogP contribution in [-0.2, 0) is 0 Å². The van der Waals surface area contributed by atoms with Crippen LogP contribution in [0.15, 0.2) is 24.4 Å². The van der Waals surface area contributed by atoms with Crippen molar-refractivity contribution in [2.24, 2.45) is 0 Å². The SMILES string of the molecule is CCOc1cc(C(=O)N2CCCC(Oc3ccnc(C)n3)C2)cc(OCC)c1OCC. The molecule has 0 aliphatic carbocycles. The first kappa shape index (κ1) is 22.7. The van der Waals surface area contributed by atoms with Gasteiger partial charge in [0.25, 0.3) is 5.91 Å². The lowest BCUT2D eigenvalue weighted by molar-refractivity contribution is 0.0526. The second-order valence-corrected chi connectivity index (χ2v) is 7.18. The summed E-state index contributed by atoms with van der Waals surface area (Å²) >= 11 is 0. The molecular weight excluding hydrogens is 398 g/mol. The highest BCUT2D eigenvalue weighted by Gasteiger charge is 2.28. The van der Waals surface area contributed by atoms with E-state index in [4.69, 9.17) is 18.9 Å². The third kappa shape index (κ3) is 5.77. The van der Waals surface area contributed by atoms with Gasteiger partial charge < -0.3 is 23.8 Å². The molecule has 1 fully saturated rings. The predicted octanol–water partition coefficient (Wildman–Crippen LogP) is 3.66. The van der Waals surface area contributed by atoms with E-state index in [1.165, 1.54) is 0 Å². The van der Waals surface area contributed by atoms with E-state index in [0.29, 0.717) is 67.4 Å². The predicted molar refractivity (Wildman–Crippen MR) is 116 cm³/mol. The van der Waals surface area contributed by atoms with E-state index in [9.17, 15) is 4.79 Å². The maximum Gasteiger partial charge on any atom is 0.254 e. The molecule has 1 atom stereocenters. The van der Waals surface area contributed by atoms with Gasteiger partial charge in [-0.15, -0.1) is 0 Å². The van der Waals surface area contributed by atoms with E-state index in [2.05, 4.69) is 9.97 Å². The van der Waals surface area contributed by atoms with Gasteiger partial charge in [0, 0.05) is 24.4 Å². The third-order valence-corrected chi connectivity index (χ3v) is 4.86. The minimum Gasteiger partial charge on any atom is -0.490 e. The summed E-state index contributed by atoms with van der Waals surface area (Å²) in [6.45, 7) is 10.1. The van der Waals surface area contributed by atoms with Crippen LogP contribution >= 0.6 is 0 Å². The molecule has 8 heteroatoms. The number of benzene rings is 1. The Kier molecular flexibility index (Phi) is 7.92. The van der Waals surface area contributed by atoms with Crippen molar-refractivity contribution in [2.45, 2.75) is 46.6 Å². The average molecular weight is 430 g/mol. The molecule has 1 aliphatic rings. The first-order chi connectivity index (χ1) is 15.0. The summed E-state index contributed by atoms with van der Waals surface area (Å²) in [5.41, 5.74) is 0.508. The Morgan fingerprint density at radius 2 is 1.77 bits per heavy atom. The van der Waals surface area contributed by atoms with Crippen LogP contribution in [0.2, 0.25) is 0 Å². The average Bonchev–Trinajstić information content (AvgIpc) is 2.76. The fourth-order valence-electron chi connectivity index (χ4n) is 3.58. The number of amides is 1. The first-order valence-corrected chi connectivity index (χ1v) is 10.9. The lowest BCUT2D eigenvalue weighted by Crippen LogP contribution is -2.44. The van der Waals surface area contributed by atoms with Gasteiger partial charge in [-0.05, 0) is 52.7 Å². The first-order valence-electron chi connectivity index (χ1n) is 10.9. The molecule has 0 saturated carbocycles. The Labute approximate surface area is 183 Å². The summed E-state index contributed by atoms with van der Waals surface area (Å²) in [7, 11) is 0.